The molecular weight excluding hydrogens is 278 g/mol. The molecule has 3 rings (SSSR count). The Balaban J connectivity index is 2.46. The molecule has 2 aliphatic rings. The monoisotopic (exact) mass is 289 g/mol. The van der Waals surface area contributed by atoms with Gasteiger partial charge in [0.25, 0.3) is 5.79 Å². The number of phenols is 1. The van der Waals surface area contributed by atoms with E-state index in [1.165, 1.54) is 6.92 Å². The summed E-state index contributed by atoms with van der Waals surface area (Å²) < 4.78 is 5.13. The second-order valence-corrected chi connectivity index (χ2v) is 5.13. The van der Waals surface area contributed by atoms with E-state index in [1.54, 1.807) is 0 Å². The Labute approximate surface area is 118 Å². The maximum absolute atomic E-state index is 12.2. The Morgan fingerprint density at radius 1 is 1.19 bits per heavy atom. The molecule has 1 aliphatic carbocycles. The van der Waals surface area contributed by atoms with E-state index in [1.807, 2.05) is 0 Å². The summed E-state index contributed by atoms with van der Waals surface area (Å²) in [7, 11) is 0. The van der Waals surface area contributed by atoms with Crippen LogP contribution in [0.1, 0.15) is 43.6 Å². The highest BCUT2D eigenvalue weighted by molar-refractivity contribution is 6.30. The lowest BCUT2D eigenvalue weighted by Gasteiger charge is -2.18. The Bertz CT molecular complexity index is 787. The van der Waals surface area contributed by atoms with E-state index >= 15 is 0 Å². The van der Waals surface area contributed by atoms with Crippen molar-refractivity contribution in [2.75, 3.05) is 0 Å². The van der Waals surface area contributed by atoms with Crippen LogP contribution in [0.2, 0.25) is 0 Å². The van der Waals surface area contributed by atoms with Crippen molar-refractivity contribution in [1.82, 2.24) is 0 Å². The first-order chi connectivity index (χ1) is 9.66. The van der Waals surface area contributed by atoms with E-state index in [2.05, 4.69) is 0 Å². The number of phenolic OH excluding ortho intramolecular Hbond substituents is 1. The van der Waals surface area contributed by atoms with Crippen LogP contribution in [0.5, 0.6) is 11.5 Å². The Hall–Kier alpha value is -2.67. The number of carbonyl (C=O) groups excluding carboxylic acids is 3. The van der Waals surface area contributed by atoms with Gasteiger partial charge in [-0.15, -0.1) is 0 Å². The number of allylic oxidation sites excluding steroid dienone is 2. The third kappa shape index (κ3) is 1.49. The number of nitrogens with two attached hydrogens (primary N) is 1. The number of Topliss-reactive ketones (excluding diaryl/α,β-unsaturated/α-hetero) is 2. The quantitative estimate of drug-likeness (QED) is 0.622. The number of fused-ring (bicyclic) bond motifs is 3. The highest BCUT2D eigenvalue weighted by atomic mass is 16.6. The number of ether oxygens (including phenoxy) is 1. The van der Waals surface area contributed by atoms with Crippen molar-refractivity contribution in [2.45, 2.75) is 19.6 Å². The van der Waals surface area contributed by atoms with E-state index in [4.69, 9.17) is 10.5 Å². The Kier molecular flexibility index (Phi) is 2.35. The lowest BCUT2D eigenvalue weighted by molar-refractivity contribution is -0.0752. The molecule has 7 nitrogen and oxygen atoms in total. The number of aromatic hydroxyl groups is 1. The van der Waals surface area contributed by atoms with Crippen LogP contribution in [0, 0.1) is 6.92 Å². The van der Waals surface area contributed by atoms with E-state index < -0.39 is 28.9 Å². The molecule has 21 heavy (non-hydrogen) atoms. The first-order valence-corrected chi connectivity index (χ1v) is 6.08. The summed E-state index contributed by atoms with van der Waals surface area (Å²) >= 11 is 0. The number of benzene rings is 1. The summed E-state index contributed by atoms with van der Waals surface area (Å²) in [6, 6.07) is 0. The molecule has 1 aromatic rings. The van der Waals surface area contributed by atoms with Gasteiger partial charge in [-0.25, -0.2) is 0 Å². The Morgan fingerprint density at radius 2 is 1.81 bits per heavy atom. The van der Waals surface area contributed by atoms with Crippen molar-refractivity contribution in [3.8, 4) is 11.5 Å². The van der Waals surface area contributed by atoms with Crippen molar-refractivity contribution >= 4 is 17.3 Å². The second-order valence-electron chi connectivity index (χ2n) is 5.13. The standard InChI is InChI=1S/C14H11NO6/c1-4-10(17)8-7(6(16)3-5(15)11(8)18)9-12(4)21-14(2,20)13(9)19/h3,17,20H,15H2,1-2H3/t14-/m0/s1. The van der Waals surface area contributed by atoms with Crippen LogP contribution in [-0.4, -0.2) is 33.3 Å². The van der Waals surface area contributed by atoms with Gasteiger partial charge in [-0.1, -0.05) is 0 Å². The average molecular weight is 289 g/mol. The minimum absolute atomic E-state index is 0.0886. The zero-order valence-corrected chi connectivity index (χ0v) is 11.2. The smallest absolute Gasteiger partial charge is 0.270 e. The summed E-state index contributed by atoms with van der Waals surface area (Å²) in [5, 5.41) is 20.1. The number of hydrogen-bond acceptors (Lipinski definition) is 7. The normalized spacial score (nSPS) is 23.6. The maximum Gasteiger partial charge on any atom is 0.270 e. The fraction of sp³-hybridized carbons (Fsp3) is 0.214. The Morgan fingerprint density at radius 3 is 2.43 bits per heavy atom. The molecule has 0 aromatic heterocycles. The number of hydrogen-bond donors (Lipinski definition) is 3. The van der Waals surface area contributed by atoms with E-state index in [9.17, 15) is 24.6 Å². The fourth-order valence-corrected chi connectivity index (χ4v) is 2.55. The summed E-state index contributed by atoms with van der Waals surface area (Å²) in [6.45, 7) is 2.53. The molecule has 0 saturated carbocycles. The van der Waals surface area contributed by atoms with Crippen LogP contribution < -0.4 is 10.5 Å². The van der Waals surface area contributed by atoms with Gasteiger partial charge in [-0.3, -0.25) is 14.4 Å². The number of ketones is 3. The average Bonchev–Trinajstić information content (AvgIpc) is 2.63. The van der Waals surface area contributed by atoms with Crippen molar-refractivity contribution in [3.63, 3.8) is 0 Å². The van der Waals surface area contributed by atoms with Gasteiger partial charge in [0, 0.05) is 18.6 Å². The molecule has 4 N–H and O–H groups in total. The van der Waals surface area contributed by atoms with Crippen molar-refractivity contribution in [3.05, 3.63) is 34.0 Å². The summed E-state index contributed by atoms with van der Waals surface area (Å²) in [6.07, 6.45) is 0.889. The number of carbonyl (C=O) groups is 3. The largest absolute Gasteiger partial charge is 0.507 e. The molecular formula is C14H11NO6. The first kappa shape index (κ1) is 13.3. The molecule has 0 amide bonds. The second kappa shape index (κ2) is 3.70. The molecule has 0 saturated heterocycles. The minimum atomic E-state index is -2.15. The molecule has 7 heteroatoms. The van der Waals surface area contributed by atoms with Gasteiger partial charge in [-0.05, 0) is 6.92 Å². The fourth-order valence-electron chi connectivity index (χ4n) is 2.55. The predicted octanol–water partition coefficient (Wildman–Crippen LogP) is 0.206. The highest BCUT2D eigenvalue weighted by Gasteiger charge is 2.48. The lowest BCUT2D eigenvalue weighted by Crippen LogP contribution is -2.36. The van der Waals surface area contributed by atoms with Crippen LogP contribution in [0.15, 0.2) is 11.8 Å². The van der Waals surface area contributed by atoms with Crippen molar-refractivity contribution in [2.24, 2.45) is 5.73 Å². The third-order valence-electron chi connectivity index (χ3n) is 3.63. The lowest BCUT2D eigenvalue weighted by atomic mass is 9.84. The molecule has 0 radical (unpaired) electrons. The van der Waals surface area contributed by atoms with Crippen molar-refractivity contribution < 1.29 is 29.3 Å². The van der Waals surface area contributed by atoms with Gasteiger partial charge in [0.1, 0.15) is 11.5 Å². The van der Waals surface area contributed by atoms with E-state index in [-0.39, 0.29) is 33.7 Å². The molecule has 1 aromatic carbocycles. The molecule has 0 fully saturated rings. The highest BCUT2D eigenvalue weighted by Crippen LogP contribution is 2.46. The summed E-state index contributed by atoms with van der Waals surface area (Å²) in [4.78, 5) is 36.4. The molecule has 0 spiro atoms. The van der Waals surface area contributed by atoms with Gasteiger partial charge < -0.3 is 20.7 Å². The molecule has 1 atom stereocenters. The third-order valence-corrected chi connectivity index (χ3v) is 3.63. The number of rotatable bonds is 0. The van der Waals surface area contributed by atoms with Crippen LogP contribution in [0.3, 0.4) is 0 Å². The molecule has 1 aliphatic heterocycles. The SMILES string of the molecule is Cc1c(O)c2c(c3c1O[C@](C)(O)C3=O)C(=O)C=C(N)C2=O. The van der Waals surface area contributed by atoms with E-state index in [0.717, 1.165) is 13.0 Å². The molecule has 0 bridgehead atoms. The minimum Gasteiger partial charge on any atom is -0.507 e. The zero-order valence-electron chi connectivity index (χ0n) is 11.2. The van der Waals surface area contributed by atoms with Gasteiger partial charge in [0.15, 0.2) is 5.78 Å². The predicted molar refractivity (Wildman–Crippen MR) is 69.4 cm³/mol. The molecule has 0 unspecified atom stereocenters. The first-order valence-electron chi connectivity index (χ1n) is 6.08. The van der Waals surface area contributed by atoms with Gasteiger partial charge in [0.05, 0.1) is 22.4 Å². The summed E-state index contributed by atoms with van der Waals surface area (Å²) in [5.74, 6) is -5.01. The number of aliphatic hydroxyl groups is 1. The van der Waals surface area contributed by atoms with Crippen LogP contribution in [0.25, 0.3) is 0 Å². The zero-order chi connectivity index (χ0) is 15.7. The van der Waals surface area contributed by atoms with Crippen LogP contribution in [-0.2, 0) is 0 Å². The van der Waals surface area contributed by atoms with Crippen LogP contribution in [0.4, 0.5) is 0 Å². The maximum atomic E-state index is 12.2. The van der Waals surface area contributed by atoms with Gasteiger partial charge in [0.2, 0.25) is 11.6 Å². The summed E-state index contributed by atoms with van der Waals surface area (Å²) in [5.41, 5.74) is 4.41. The molecule has 1 heterocycles. The molecule has 108 valence electrons. The van der Waals surface area contributed by atoms with Gasteiger partial charge >= 0.3 is 0 Å². The van der Waals surface area contributed by atoms with Crippen LogP contribution >= 0.6 is 0 Å². The van der Waals surface area contributed by atoms with E-state index in [0.29, 0.717) is 0 Å². The van der Waals surface area contributed by atoms with Crippen molar-refractivity contribution in [1.29, 1.82) is 0 Å². The van der Waals surface area contributed by atoms with Gasteiger partial charge in [-0.2, -0.15) is 0 Å². The topological polar surface area (TPSA) is 127 Å².